The van der Waals surface area contributed by atoms with Crippen LogP contribution < -0.4 is 5.23 Å². The normalized spacial score (nSPS) is 17.9. The number of hydrogen-bond donors (Lipinski definition) is 2. The molecular formula is C24H30ClN3O6. The smallest absolute Gasteiger partial charge is 0.410 e. The van der Waals surface area contributed by atoms with Gasteiger partial charge in [0.15, 0.2) is 5.69 Å². The zero-order chi connectivity index (χ0) is 25.0. The van der Waals surface area contributed by atoms with Gasteiger partial charge in [-0.3, -0.25) is 9.69 Å². The Morgan fingerprint density at radius 3 is 2.38 bits per heavy atom. The summed E-state index contributed by atoms with van der Waals surface area (Å²) in [5, 5.41) is 21.2. The molecule has 9 nitrogen and oxygen atoms in total. The van der Waals surface area contributed by atoms with Crippen molar-refractivity contribution in [3.05, 3.63) is 58.3 Å². The molecule has 0 bridgehead atoms. The third-order valence-corrected chi connectivity index (χ3v) is 5.75. The van der Waals surface area contributed by atoms with Gasteiger partial charge in [0.1, 0.15) is 11.6 Å². The summed E-state index contributed by atoms with van der Waals surface area (Å²) in [4.78, 5) is 28.4. The molecule has 1 aliphatic heterocycles. The summed E-state index contributed by atoms with van der Waals surface area (Å²) < 4.78 is 10.4. The molecule has 2 N–H and O–H groups in total. The minimum Gasteiger partial charge on any atom is -0.595 e. The molecule has 0 saturated carbocycles. The number of amides is 1. The predicted octanol–water partition coefficient (Wildman–Crippen LogP) is 3.00. The number of nitrogens with zero attached hydrogens (tertiary/aromatic N) is 2. The number of carbonyl (C=O) groups excluding carboxylic acids is 2. The topological polar surface area (TPSA) is 107 Å². The Balaban J connectivity index is 1.87. The zero-order valence-electron chi connectivity index (χ0n) is 19.7. The average molecular weight is 492 g/mol. The third-order valence-electron chi connectivity index (χ3n) is 5.50. The van der Waals surface area contributed by atoms with E-state index in [-0.39, 0.29) is 18.8 Å². The highest BCUT2D eigenvalue weighted by molar-refractivity contribution is 6.30. The second kappa shape index (κ2) is 10.7. The van der Waals surface area contributed by atoms with Crippen molar-refractivity contribution < 1.29 is 29.5 Å². The van der Waals surface area contributed by atoms with Gasteiger partial charge < -0.3 is 19.6 Å². The second-order valence-electron chi connectivity index (χ2n) is 9.12. The number of hydrogen-bond acceptors (Lipinski definition) is 7. The molecule has 1 saturated heterocycles. The van der Waals surface area contributed by atoms with E-state index in [0.29, 0.717) is 23.7 Å². The molecule has 10 heteroatoms. The number of rotatable bonds is 5. The van der Waals surface area contributed by atoms with Crippen molar-refractivity contribution in [2.24, 2.45) is 0 Å². The first kappa shape index (κ1) is 25.9. The monoisotopic (exact) mass is 491 g/mol. The van der Waals surface area contributed by atoms with Gasteiger partial charge in [-0.15, -0.1) is 0 Å². The number of quaternary nitrogens is 1. The number of esters is 1. The molecule has 1 amide bonds. The van der Waals surface area contributed by atoms with Gasteiger partial charge >= 0.3 is 12.1 Å². The summed E-state index contributed by atoms with van der Waals surface area (Å²) in [6, 6.07) is 11.6. The lowest BCUT2D eigenvalue weighted by Crippen LogP contribution is -2.99. The number of methoxy groups -OCH3 is 1. The lowest BCUT2D eigenvalue weighted by Gasteiger charge is -2.40. The zero-order valence-corrected chi connectivity index (χ0v) is 20.5. The Hall–Kier alpha value is -2.69. The first-order chi connectivity index (χ1) is 16.0. The van der Waals surface area contributed by atoms with E-state index in [9.17, 15) is 20.0 Å². The highest BCUT2D eigenvalue weighted by Gasteiger charge is 2.37. The van der Waals surface area contributed by atoms with E-state index < -0.39 is 28.9 Å². The summed E-state index contributed by atoms with van der Waals surface area (Å²) in [5.74, 6) is -0.501. The van der Waals surface area contributed by atoms with Crippen LogP contribution in [0.4, 0.5) is 10.5 Å². The summed E-state index contributed by atoms with van der Waals surface area (Å²) in [7, 11) is 1.29. The number of ether oxygens (including phenoxy) is 2. The van der Waals surface area contributed by atoms with Crippen molar-refractivity contribution in [1.82, 2.24) is 9.80 Å². The van der Waals surface area contributed by atoms with Crippen LogP contribution in [-0.2, 0) is 20.8 Å². The molecule has 1 heterocycles. The van der Waals surface area contributed by atoms with Crippen LogP contribution >= 0.6 is 11.6 Å². The quantitative estimate of drug-likeness (QED) is 0.489. The van der Waals surface area contributed by atoms with Crippen LogP contribution in [0.3, 0.4) is 0 Å². The van der Waals surface area contributed by atoms with E-state index in [0.717, 1.165) is 11.1 Å². The lowest BCUT2D eigenvalue weighted by molar-refractivity contribution is -0.991. The molecule has 1 aliphatic rings. The summed E-state index contributed by atoms with van der Waals surface area (Å²) in [6.07, 6.45) is -0.503. The van der Waals surface area contributed by atoms with Crippen LogP contribution in [0.1, 0.15) is 26.3 Å². The summed E-state index contributed by atoms with van der Waals surface area (Å²) in [6.45, 7) is 6.30. The maximum atomic E-state index is 12.6. The van der Waals surface area contributed by atoms with Crippen molar-refractivity contribution in [1.29, 1.82) is 0 Å². The number of benzene rings is 2. The first-order valence-corrected chi connectivity index (χ1v) is 11.3. The maximum Gasteiger partial charge on any atom is 0.410 e. The van der Waals surface area contributed by atoms with Crippen molar-refractivity contribution in [2.45, 2.75) is 39.0 Å². The van der Waals surface area contributed by atoms with Crippen molar-refractivity contribution in [3.63, 3.8) is 0 Å². The van der Waals surface area contributed by atoms with Gasteiger partial charge in [-0.05, 0) is 56.2 Å². The Morgan fingerprint density at radius 1 is 1.15 bits per heavy atom. The standard InChI is InChI=1S/C24H30ClN3O6/c1-24(2,3)34-23(30)27-12-11-26(21(15-27)22(29)33-4)14-18-13-17(7-10-20(18)28(31)32)16-5-8-19(25)9-6-16/h5-10,13,21,28,31H,11-12,14-15H2,1-4H3. The average Bonchev–Trinajstić information content (AvgIpc) is 2.78. The minimum atomic E-state index is -1.06. The molecule has 3 rings (SSSR count). The van der Waals surface area contributed by atoms with Gasteiger partial charge in [0, 0.05) is 36.3 Å². The predicted molar refractivity (Wildman–Crippen MR) is 127 cm³/mol. The number of halogens is 1. The van der Waals surface area contributed by atoms with E-state index >= 15 is 0 Å². The van der Waals surface area contributed by atoms with Crippen LogP contribution in [0, 0.1) is 5.21 Å². The van der Waals surface area contributed by atoms with Crippen molar-refractivity contribution in [3.8, 4) is 11.1 Å². The molecule has 34 heavy (non-hydrogen) atoms. The Bertz CT molecular complexity index is 1020. The van der Waals surface area contributed by atoms with E-state index in [1.165, 1.54) is 12.0 Å². The number of piperazine rings is 1. The van der Waals surface area contributed by atoms with Gasteiger partial charge in [0.2, 0.25) is 0 Å². The molecule has 2 atom stereocenters. The number of carbonyl (C=O) groups is 2. The van der Waals surface area contributed by atoms with E-state index in [4.69, 9.17) is 21.1 Å². The fourth-order valence-electron chi connectivity index (χ4n) is 3.84. The van der Waals surface area contributed by atoms with Gasteiger partial charge in [0.05, 0.1) is 13.7 Å². The molecule has 1 fully saturated rings. The van der Waals surface area contributed by atoms with Crippen LogP contribution in [0.2, 0.25) is 5.02 Å². The highest BCUT2D eigenvalue weighted by Crippen LogP contribution is 2.27. The molecule has 0 radical (unpaired) electrons. The molecule has 0 aliphatic carbocycles. The van der Waals surface area contributed by atoms with E-state index in [2.05, 4.69) is 0 Å². The third kappa shape index (κ3) is 6.46. The Kier molecular flexibility index (Phi) is 8.17. The summed E-state index contributed by atoms with van der Waals surface area (Å²) in [5.41, 5.74) is 1.77. The second-order valence-corrected chi connectivity index (χ2v) is 9.56. The van der Waals surface area contributed by atoms with Crippen LogP contribution in [-0.4, -0.2) is 65.5 Å². The lowest BCUT2D eigenvalue weighted by atomic mass is 10.0. The van der Waals surface area contributed by atoms with Crippen LogP contribution in [0.15, 0.2) is 42.5 Å². The largest absolute Gasteiger partial charge is 0.595 e. The van der Waals surface area contributed by atoms with Crippen molar-refractivity contribution in [2.75, 3.05) is 26.7 Å². The van der Waals surface area contributed by atoms with Gasteiger partial charge in [-0.1, -0.05) is 23.7 Å². The first-order valence-electron chi connectivity index (χ1n) is 10.9. The molecule has 0 aromatic heterocycles. The van der Waals surface area contributed by atoms with Crippen LogP contribution in [0.5, 0.6) is 0 Å². The minimum absolute atomic E-state index is 0.0842. The molecule has 184 valence electrons. The molecular weight excluding hydrogens is 462 g/mol. The number of nitrogens with one attached hydrogen (secondary N) is 1. The fourth-order valence-corrected chi connectivity index (χ4v) is 3.96. The van der Waals surface area contributed by atoms with Gasteiger partial charge in [-0.2, -0.15) is 5.23 Å². The summed E-state index contributed by atoms with van der Waals surface area (Å²) >= 11 is 5.99. The molecule has 2 aromatic rings. The molecule has 0 spiro atoms. The molecule has 2 aromatic carbocycles. The highest BCUT2D eigenvalue weighted by atomic mass is 35.5. The maximum absolute atomic E-state index is 12.6. The Labute approximate surface area is 203 Å². The van der Waals surface area contributed by atoms with Gasteiger partial charge in [0.25, 0.3) is 0 Å². The fraction of sp³-hybridized carbons (Fsp3) is 0.417. The van der Waals surface area contributed by atoms with Crippen molar-refractivity contribution >= 4 is 29.4 Å². The Morgan fingerprint density at radius 2 is 1.79 bits per heavy atom. The van der Waals surface area contributed by atoms with Crippen LogP contribution in [0.25, 0.3) is 11.1 Å². The SMILES string of the molecule is COC(=O)C1CN(C(=O)OC(C)(C)C)CCN1Cc1cc(-c2ccc(Cl)cc2)ccc1[NH+]([O-])O. The van der Waals surface area contributed by atoms with E-state index in [1.807, 2.05) is 17.0 Å². The van der Waals surface area contributed by atoms with E-state index in [1.54, 1.807) is 51.1 Å². The molecule has 2 unspecified atom stereocenters. The van der Waals surface area contributed by atoms with Gasteiger partial charge in [-0.25, -0.2) is 10.0 Å².